The van der Waals surface area contributed by atoms with Crippen LogP contribution in [0.1, 0.15) is 13.3 Å². The van der Waals surface area contributed by atoms with Gasteiger partial charge in [-0.2, -0.15) is 0 Å². The number of nitrogens with zero attached hydrogens (tertiary/aromatic N) is 1. The van der Waals surface area contributed by atoms with Crippen molar-refractivity contribution in [2.75, 3.05) is 32.2 Å². The second-order valence-electron chi connectivity index (χ2n) is 5.65. The lowest BCUT2D eigenvalue weighted by Gasteiger charge is -2.19. The number of nitrogens with one attached hydrogen (secondary N) is 2. The summed E-state index contributed by atoms with van der Waals surface area (Å²) in [6.45, 7) is 2.11. The number of carbonyl (C=O) groups excluding carboxylic acids is 2. The van der Waals surface area contributed by atoms with E-state index in [4.69, 9.17) is 14.6 Å². The fourth-order valence-corrected chi connectivity index (χ4v) is 2.52. The van der Waals surface area contributed by atoms with E-state index in [1.54, 1.807) is 37.1 Å². The molecule has 3 amide bonds. The summed E-state index contributed by atoms with van der Waals surface area (Å²) >= 11 is 0. The van der Waals surface area contributed by atoms with E-state index in [0.717, 1.165) is 0 Å². The van der Waals surface area contributed by atoms with Gasteiger partial charge >= 0.3 is 6.03 Å². The molecule has 0 bridgehead atoms. The molecule has 8 nitrogen and oxygen atoms in total. The molecule has 1 fully saturated rings. The third-order valence-corrected chi connectivity index (χ3v) is 3.70. The van der Waals surface area contributed by atoms with Crippen LogP contribution in [0, 0.1) is 0 Å². The molecule has 2 unspecified atom stereocenters. The van der Waals surface area contributed by atoms with Crippen LogP contribution in [-0.4, -0.2) is 56.5 Å². The van der Waals surface area contributed by atoms with E-state index in [2.05, 4.69) is 10.6 Å². The predicted octanol–water partition coefficient (Wildman–Crippen LogP) is 0.489. The summed E-state index contributed by atoms with van der Waals surface area (Å²) in [6.07, 6.45) is -0.402. The monoisotopic (exact) mass is 337 g/mol. The number of aliphatic hydroxyl groups excluding tert-OH is 1. The zero-order valence-corrected chi connectivity index (χ0v) is 14.0. The highest BCUT2D eigenvalue weighted by atomic mass is 16.5. The summed E-state index contributed by atoms with van der Waals surface area (Å²) in [7, 11) is 3.08. The molecule has 1 aliphatic rings. The van der Waals surface area contributed by atoms with Crippen LogP contribution in [-0.2, 0) is 4.79 Å². The minimum Gasteiger partial charge on any atom is -0.493 e. The van der Waals surface area contributed by atoms with Gasteiger partial charge in [0.25, 0.3) is 0 Å². The Balaban J connectivity index is 2.01. The average Bonchev–Trinajstić information content (AvgIpc) is 2.92. The van der Waals surface area contributed by atoms with Crippen LogP contribution < -0.4 is 25.0 Å². The molecular weight excluding hydrogens is 314 g/mol. The Labute approximate surface area is 140 Å². The molecular formula is C16H23N3O5. The zero-order chi connectivity index (χ0) is 17.7. The standard InChI is InChI=1S/C16H23N3O5/c1-10(20)8-17-16(22)18-11-6-15(21)19(9-11)12-4-5-13(23-2)14(7-12)24-3/h4-5,7,10-11,20H,6,8-9H2,1-3H3,(H2,17,18,22). The molecule has 0 spiro atoms. The van der Waals surface area contributed by atoms with Crippen molar-refractivity contribution in [3.05, 3.63) is 18.2 Å². The fraction of sp³-hybridized carbons (Fsp3) is 0.500. The Morgan fingerprint density at radius 2 is 2.08 bits per heavy atom. The lowest BCUT2D eigenvalue weighted by Crippen LogP contribution is -2.45. The molecule has 24 heavy (non-hydrogen) atoms. The number of aliphatic hydroxyl groups is 1. The maximum atomic E-state index is 12.2. The molecule has 3 N–H and O–H groups in total. The predicted molar refractivity (Wildman–Crippen MR) is 88.5 cm³/mol. The smallest absolute Gasteiger partial charge is 0.315 e. The van der Waals surface area contributed by atoms with Crippen molar-refractivity contribution in [3.8, 4) is 11.5 Å². The number of urea groups is 1. The van der Waals surface area contributed by atoms with E-state index in [9.17, 15) is 9.59 Å². The Morgan fingerprint density at radius 1 is 1.38 bits per heavy atom. The molecule has 0 aromatic heterocycles. The van der Waals surface area contributed by atoms with Gasteiger partial charge in [0.1, 0.15) is 0 Å². The van der Waals surface area contributed by atoms with Crippen molar-refractivity contribution < 1.29 is 24.2 Å². The third-order valence-electron chi connectivity index (χ3n) is 3.70. The summed E-state index contributed by atoms with van der Waals surface area (Å²) < 4.78 is 10.4. The van der Waals surface area contributed by atoms with E-state index >= 15 is 0 Å². The molecule has 2 rings (SSSR count). The van der Waals surface area contributed by atoms with Crippen LogP contribution >= 0.6 is 0 Å². The molecule has 132 valence electrons. The van der Waals surface area contributed by atoms with Gasteiger partial charge in [-0.15, -0.1) is 0 Å². The number of anilines is 1. The molecule has 1 saturated heterocycles. The minimum absolute atomic E-state index is 0.0805. The van der Waals surface area contributed by atoms with E-state index in [-0.39, 0.29) is 24.9 Å². The zero-order valence-electron chi connectivity index (χ0n) is 14.0. The van der Waals surface area contributed by atoms with Crippen LogP contribution in [0.2, 0.25) is 0 Å². The molecule has 1 heterocycles. The largest absolute Gasteiger partial charge is 0.493 e. The van der Waals surface area contributed by atoms with Gasteiger partial charge in [-0.25, -0.2) is 4.79 Å². The van der Waals surface area contributed by atoms with Crippen LogP contribution in [0.15, 0.2) is 18.2 Å². The Kier molecular flexibility index (Phi) is 5.86. The molecule has 0 saturated carbocycles. The number of hydrogen-bond acceptors (Lipinski definition) is 5. The number of rotatable bonds is 6. The van der Waals surface area contributed by atoms with Crippen molar-refractivity contribution in [1.82, 2.24) is 10.6 Å². The molecule has 1 aromatic rings. The van der Waals surface area contributed by atoms with Gasteiger partial charge in [0.05, 0.1) is 26.4 Å². The number of ether oxygens (including phenoxy) is 2. The quantitative estimate of drug-likeness (QED) is 0.701. The maximum absolute atomic E-state index is 12.2. The highest BCUT2D eigenvalue weighted by molar-refractivity contribution is 5.97. The van der Waals surface area contributed by atoms with Gasteiger partial charge in [-0.1, -0.05) is 0 Å². The summed E-state index contributed by atoms with van der Waals surface area (Å²) in [6, 6.07) is 4.54. The van der Waals surface area contributed by atoms with Gasteiger partial charge in [-0.05, 0) is 19.1 Å². The van der Waals surface area contributed by atoms with Gasteiger partial charge in [0, 0.05) is 31.3 Å². The van der Waals surface area contributed by atoms with Gasteiger partial charge in [0.2, 0.25) is 5.91 Å². The normalized spacial score (nSPS) is 18.2. The van der Waals surface area contributed by atoms with Crippen LogP contribution in [0.5, 0.6) is 11.5 Å². The van der Waals surface area contributed by atoms with Crippen molar-refractivity contribution >= 4 is 17.6 Å². The fourth-order valence-electron chi connectivity index (χ4n) is 2.52. The first kappa shape index (κ1) is 17.9. The van der Waals surface area contributed by atoms with Crippen molar-refractivity contribution in [3.63, 3.8) is 0 Å². The summed E-state index contributed by atoms with van der Waals surface area (Å²) in [5.41, 5.74) is 0.686. The number of carbonyl (C=O) groups is 2. The second kappa shape index (κ2) is 7.87. The van der Waals surface area contributed by atoms with E-state index in [0.29, 0.717) is 23.7 Å². The number of benzene rings is 1. The highest BCUT2D eigenvalue weighted by Crippen LogP contribution is 2.33. The molecule has 0 aliphatic carbocycles. The van der Waals surface area contributed by atoms with E-state index in [1.807, 2.05) is 0 Å². The third kappa shape index (κ3) is 4.29. The molecule has 0 radical (unpaired) electrons. The maximum Gasteiger partial charge on any atom is 0.315 e. The molecule has 8 heteroatoms. The summed E-state index contributed by atoms with van der Waals surface area (Å²) in [5, 5.41) is 14.4. The molecule has 2 atom stereocenters. The van der Waals surface area contributed by atoms with Gasteiger partial charge in [0.15, 0.2) is 11.5 Å². The average molecular weight is 337 g/mol. The number of methoxy groups -OCH3 is 2. The van der Waals surface area contributed by atoms with Gasteiger partial charge < -0.3 is 30.1 Å². The minimum atomic E-state index is -0.621. The van der Waals surface area contributed by atoms with E-state index in [1.165, 1.54) is 7.11 Å². The SMILES string of the molecule is COc1ccc(N2CC(NC(=O)NCC(C)O)CC2=O)cc1OC. The second-order valence-corrected chi connectivity index (χ2v) is 5.65. The van der Waals surface area contributed by atoms with Crippen molar-refractivity contribution in [2.45, 2.75) is 25.5 Å². The lowest BCUT2D eigenvalue weighted by atomic mass is 10.2. The molecule has 1 aliphatic heterocycles. The first-order valence-corrected chi connectivity index (χ1v) is 7.69. The van der Waals surface area contributed by atoms with Crippen LogP contribution in [0.4, 0.5) is 10.5 Å². The van der Waals surface area contributed by atoms with Crippen LogP contribution in [0.25, 0.3) is 0 Å². The molecule has 1 aromatic carbocycles. The van der Waals surface area contributed by atoms with Gasteiger partial charge in [-0.3, -0.25) is 4.79 Å². The Hall–Kier alpha value is -2.48. The number of amides is 3. The Morgan fingerprint density at radius 3 is 2.71 bits per heavy atom. The highest BCUT2D eigenvalue weighted by Gasteiger charge is 2.32. The van der Waals surface area contributed by atoms with Crippen LogP contribution in [0.3, 0.4) is 0 Å². The first-order chi connectivity index (χ1) is 11.4. The lowest BCUT2D eigenvalue weighted by molar-refractivity contribution is -0.117. The number of hydrogen-bond donors (Lipinski definition) is 3. The van der Waals surface area contributed by atoms with Crippen molar-refractivity contribution in [2.24, 2.45) is 0 Å². The van der Waals surface area contributed by atoms with Crippen molar-refractivity contribution in [1.29, 1.82) is 0 Å². The Bertz CT molecular complexity index is 605. The summed E-state index contributed by atoms with van der Waals surface area (Å²) in [5.74, 6) is 1.04. The van der Waals surface area contributed by atoms with E-state index < -0.39 is 12.1 Å². The first-order valence-electron chi connectivity index (χ1n) is 7.69. The topological polar surface area (TPSA) is 100 Å². The summed E-state index contributed by atoms with van der Waals surface area (Å²) in [4.78, 5) is 25.6.